The van der Waals surface area contributed by atoms with Crippen molar-refractivity contribution >= 4 is 17.9 Å². The van der Waals surface area contributed by atoms with Gasteiger partial charge in [-0.05, 0) is 68.5 Å². The molecule has 3 amide bonds. The molecule has 3 atom stereocenters. The zero-order valence-electron chi connectivity index (χ0n) is 23.0. The van der Waals surface area contributed by atoms with E-state index in [1.807, 2.05) is 30.3 Å². The van der Waals surface area contributed by atoms with Gasteiger partial charge >= 0.3 is 12.3 Å². The van der Waals surface area contributed by atoms with Crippen molar-refractivity contribution in [2.75, 3.05) is 26.2 Å². The van der Waals surface area contributed by atoms with E-state index in [1.54, 1.807) is 22.8 Å². The second-order valence-corrected chi connectivity index (χ2v) is 11.2. The topological polar surface area (TPSA) is 82.2 Å². The molecule has 11 heteroatoms. The number of nitrogens with one attached hydrogen (secondary N) is 1. The highest BCUT2D eigenvalue weighted by Crippen LogP contribution is 2.33. The van der Waals surface area contributed by atoms with Gasteiger partial charge in [-0.2, -0.15) is 13.2 Å². The van der Waals surface area contributed by atoms with Crippen molar-refractivity contribution in [1.29, 1.82) is 0 Å². The monoisotopic (exact) mass is 572 g/mol. The van der Waals surface area contributed by atoms with Crippen LogP contribution in [0.1, 0.15) is 47.9 Å². The Balaban J connectivity index is 1.37. The van der Waals surface area contributed by atoms with Crippen molar-refractivity contribution < 1.29 is 32.3 Å². The smallest absolute Gasteiger partial charge is 0.416 e. The third-order valence-corrected chi connectivity index (χ3v) is 8.08. The van der Waals surface area contributed by atoms with Gasteiger partial charge in [0.2, 0.25) is 11.8 Å². The van der Waals surface area contributed by atoms with Gasteiger partial charge in [0.15, 0.2) is 0 Å². The molecule has 0 bridgehead atoms. The highest BCUT2D eigenvalue weighted by atomic mass is 19.4. The molecule has 41 heavy (non-hydrogen) atoms. The summed E-state index contributed by atoms with van der Waals surface area (Å²) >= 11 is 0. The first-order valence-electron chi connectivity index (χ1n) is 14.1. The van der Waals surface area contributed by atoms with Crippen molar-refractivity contribution in [3.05, 3.63) is 70.8 Å². The number of hydrogen-bond acceptors (Lipinski definition) is 5. The van der Waals surface area contributed by atoms with Gasteiger partial charge < -0.3 is 19.9 Å². The molecule has 8 nitrogen and oxygen atoms in total. The van der Waals surface area contributed by atoms with E-state index in [0.717, 1.165) is 43.6 Å². The lowest BCUT2D eigenvalue weighted by Gasteiger charge is -2.52. The van der Waals surface area contributed by atoms with Crippen LogP contribution in [0.25, 0.3) is 0 Å². The molecule has 3 saturated heterocycles. The van der Waals surface area contributed by atoms with Crippen LogP contribution in [0.5, 0.6) is 0 Å². The van der Waals surface area contributed by atoms with Crippen molar-refractivity contribution in [2.24, 2.45) is 5.92 Å². The SMILES string of the molecule is Cc1cc(COC(=O)N2CCC(=O)N3C(CC4CCCNC4)C(=O)N(Cc4ccccc4)CC23)cc(C(F)(F)F)c1. The van der Waals surface area contributed by atoms with Crippen LogP contribution in [-0.4, -0.2) is 71.0 Å². The summed E-state index contributed by atoms with van der Waals surface area (Å²) in [6.07, 6.45) is -3.50. The van der Waals surface area contributed by atoms with Crippen LogP contribution in [0.4, 0.5) is 18.0 Å². The van der Waals surface area contributed by atoms with Crippen LogP contribution in [0, 0.1) is 12.8 Å². The fraction of sp³-hybridized carbons (Fsp3) is 0.500. The molecule has 3 unspecified atom stereocenters. The minimum absolute atomic E-state index is 0.0413. The number of rotatable bonds is 6. The summed E-state index contributed by atoms with van der Waals surface area (Å²) in [7, 11) is 0. The molecule has 3 aliphatic rings. The van der Waals surface area contributed by atoms with E-state index < -0.39 is 30.0 Å². The number of piperidine rings is 1. The molecule has 3 aliphatic heterocycles. The van der Waals surface area contributed by atoms with E-state index in [2.05, 4.69) is 5.32 Å². The normalized spacial score (nSPS) is 23.4. The lowest BCUT2D eigenvalue weighted by Crippen LogP contribution is -2.71. The van der Waals surface area contributed by atoms with E-state index in [1.165, 1.54) is 4.90 Å². The highest BCUT2D eigenvalue weighted by molar-refractivity contribution is 5.90. The zero-order valence-corrected chi connectivity index (χ0v) is 23.0. The number of carbonyl (C=O) groups is 3. The Kier molecular flexibility index (Phi) is 8.53. The maximum absolute atomic E-state index is 13.8. The van der Waals surface area contributed by atoms with Crippen molar-refractivity contribution in [2.45, 2.75) is 64.1 Å². The lowest BCUT2D eigenvalue weighted by atomic mass is 9.89. The van der Waals surface area contributed by atoms with Crippen LogP contribution >= 0.6 is 0 Å². The summed E-state index contributed by atoms with van der Waals surface area (Å²) in [5.41, 5.74) is 0.759. The van der Waals surface area contributed by atoms with Gasteiger partial charge in [-0.25, -0.2) is 4.79 Å². The molecule has 220 valence electrons. The maximum atomic E-state index is 13.8. The molecule has 1 N–H and O–H groups in total. The number of halogens is 3. The third kappa shape index (κ3) is 6.66. The zero-order chi connectivity index (χ0) is 29.1. The number of piperazine rings is 1. The van der Waals surface area contributed by atoms with Gasteiger partial charge in [-0.1, -0.05) is 42.0 Å². The molecule has 0 radical (unpaired) electrons. The van der Waals surface area contributed by atoms with Gasteiger partial charge in [-0.3, -0.25) is 14.5 Å². The molecule has 5 rings (SSSR count). The van der Waals surface area contributed by atoms with Gasteiger partial charge in [0.05, 0.1) is 12.1 Å². The summed E-state index contributed by atoms with van der Waals surface area (Å²) in [5, 5.41) is 3.37. The lowest BCUT2D eigenvalue weighted by molar-refractivity contribution is -0.169. The highest BCUT2D eigenvalue weighted by Gasteiger charge is 2.49. The number of aryl methyl sites for hydroxylation is 1. The number of benzene rings is 2. The summed E-state index contributed by atoms with van der Waals surface area (Å²) in [5.74, 6) is -0.109. The van der Waals surface area contributed by atoms with E-state index >= 15 is 0 Å². The Hall–Kier alpha value is -3.60. The first-order valence-corrected chi connectivity index (χ1v) is 14.1. The first-order chi connectivity index (χ1) is 19.6. The number of hydrogen-bond donors (Lipinski definition) is 1. The molecular weight excluding hydrogens is 537 g/mol. The Bertz CT molecular complexity index is 1270. The quantitative estimate of drug-likeness (QED) is 0.558. The standard InChI is InChI=1S/C30H35F3N4O4/c1-20-12-23(14-24(13-20)30(31,32)33)19-41-29(40)36-11-9-27(38)37-25(15-22-8-5-10-34-16-22)28(39)35(18-26(36)37)17-21-6-3-2-4-7-21/h2-4,6-7,12-14,22,25-26,34H,5,8-11,15-19H2,1H3. The molecule has 0 aromatic heterocycles. The maximum Gasteiger partial charge on any atom is 0.416 e. The first kappa shape index (κ1) is 28.9. The van der Waals surface area contributed by atoms with E-state index in [-0.39, 0.29) is 49.4 Å². The summed E-state index contributed by atoms with van der Waals surface area (Å²) in [4.78, 5) is 45.2. The average molecular weight is 573 g/mol. The molecule has 3 fully saturated rings. The van der Waals surface area contributed by atoms with Crippen LogP contribution in [0.3, 0.4) is 0 Å². The predicted octanol–water partition coefficient (Wildman–Crippen LogP) is 4.31. The molecular formula is C30H35F3N4O4. The summed E-state index contributed by atoms with van der Waals surface area (Å²) in [6, 6.07) is 12.4. The van der Waals surface area contributed by atoms with Gasteiger partial charge in [-0.15, -0.1) is 0 Å². The second-order valence-electron chi connectivity index (χ2n) is 11.2. The van der Waals surface area contributed by atoms with Crippen molar-refractivity contribution in [1.82, 2.24) is 20.0 Å². The minimum Gasteiger partial charge on any atom is -0.444 e. The third-order valence-electron chi connectivity index (χ3n) is 8.08. The average Bonchev–Trinajstić information content (AvgIpc) is 2.94. The minimum atomic E-state index is -4.52. The van der Waals surface area contributed by atoms with E-state index in [0.29, 0.717) is 18.5 Å². The Labute approximate surface area is 237 Å². The molecule has 3 heterocycles. The number of carbonyl (C=O) groups excluding carboxylic acids is 3. The number of nitrogens with zero attached hydrogens (tertiary/aromatic N) is 3. The van der Waals surface area contributed by atoms with Crippen LogP contribution in [0.15, 0.2) is 48.5 Å². The fourth-order valence-electron chi connectivity index (χ4n) is 6.15. The Morgan fingerprint density at radius 3 is 2.59 bits per heavy atom. The number of ether oxygens (including phenoxy) is 1. The van der Waals surface area contributed by atoms with Crippen LogP contribution in [0.2, 0.25) is 0 Å². The predicted molar refractivity (Wildman–Crippen MR) is 144 cm³/mol. The largest absolute Gasteiger partial charge is 0.444 e. The number of amides is 3. The van der Waals surface area contributed by atoms with Crippen LogP contribution in [-0.2, 0) is 33.7 Å². The van der Waals surface area contributed by atoms with Crippen molar-refractivity contribution in [3.63, 3.8) is 0 Å². The molecule has 0 spiro atoms. The number of alkyl halides is 3. The second kappa shape index (κ2) is 12.1. The molecule has 0 aliphatic carbocycles. The van der Waals surface area contributed by atoms with Crippen LogP contribution < -0.4 is 5.32 Å². The van der Waals surface area contributed by atoms with E-state index in [4.69, 9.17) is 4.74 Å². The fourth-order valence-corrected chi connectivity index (χ4v) is 6.15. The van der Waals surface area contributed by atoms with Gasteiger partial charge in [0.25, 0.3) is 0 Å². The molecule has 0 saturated carbocycles. The molecule has 2 aromatic rings. The van der Waals surface area contributed by atoms with E-state index in [9.17, 15) is 27.6 Å². The summed E-state index contributed by atoms with van der Waals surface area (Å²) < 4.78 is 45.4. The van der Waals surface area contributed by atoms with Crippen molar-refractivity contribution in [3.8, 4) is 0 Å². The van der Waals surface area contributed by atoms with Gasteiger partial charge in [0.1, 0.15) is 18.8 Å². The number of fused-ring (bicyclic) bond motifs is 1. The Morgan fingerprint density at radius 1 is 1.10 bits per heavy atom. The molecule has 2 aromatic carbocycles. The van der Waals surface area contributed by atoms with Gasteiger partial charge in [0, 0.05) is 19.5 Å². The summed E-state index contributed by atoms with van der Waals surface area (Å²) in [6.45, 7) is 3.46. The Morgan fingerprint density at radius 2 is 1.88 bits per heavy atom.